The highest BCUT2D eigenvalue weighted by molar-refractivity contribution is 7.15. The molecule has 2 heterocycles. The highest BCUT2D eigenvalue weighted by Gasteiger charge is 2.37. The normalized spacial score (nSPS) is 16.8. The summed E-state index contributed by atoms with van der Waals surface area (Å²) in [6.45, 7) is 6.55. The van der Waals surface area contributed by atoms with Crippen molar-refractivity contribution in [3.8, 4) is 11.5 Å². The van der Waals surface area contributed by atoms with Crippen LogP contribution in [0.3, 0.4) is 0 Å². The maximum absolute atomic E-state index is 12.7. The molecule has 0 saturated carbocycles. The maximum atomic E-state index is 12.7. The molecule has 0 spiro atoms. The monoisotopic (exact) mass is 418 g/mol. The van der Waals surface area contributed by atoms with E-state index in [4.69, 9.17) is 9.47 Å². The minimum Gasteiger partial charge on any atom is -0.497 e. The van der Waals surface area contributed by atoms with Crippen LogP contribution in [0.2, 0.25) is 0 Å². The average molecular weight is 419 g/mol. The molecule has 1 aromatic heterocycles. The number of carbonyl (C=O) groups excluding carboxylic acids is 2. The van der Waals surface area contributed by atoms with Crippen LogP contribution in [0, 0.1) is 5.92 Å². The van der Waals surface area contributed by atoms with Gasteiger partial charge < -0.3 is 19.7 Å². The number of anilines is 2. The Balaban J connectivity index is 1.71. The lowest BCUT2D eigenvalue weighted by molar-refractivity contribution is -0.122. The summed E-state index contributed by atoms with van der Waals surface area (Å²) in [6.07, 6.45) is 1.05. The Labute approximate surface area is 174 Å². The molecular formula is C20H26N4O4S. The number of hydrogen-bond donors (Lipinski definition) is 1. The topological polar surface area (TPSA) is 93.7 Å². The lowest BCUT2D eigenvalue weighted by Gasteiger charge is -2.20. The Morgan fingerprint density at radius 2 is 2.07 bits per heavy atom. The number of aromatic nitrogens is 2. The summed E-state index contributed by atoms with van der Waals surface area (Å²) in [5, 5.41) is 12.4. The first kappa shape index (κ1) is 21.0. The quantitative estimate of drug-likeness (QED) is 0.742. The second-order valence-electron chi connectivity index (χ2n) is 7.58. The van der Waals surface area contributed by atoms with Crippen LogP contribution in [-0.4, -0.2) is 42.8 Å². The Bertz CT molecular complexity index is 912. The summed E-state index contributed by atoms with van der Waals surface area (Å²) in [7, 11) is 3.10. The van der Waals surface area contributed by atoms with Gasteiger partial charge in [0.15, 0.2) is 0 Å². The van der Waals surface area contributed by atoms with Crippen molar-refractivity contribution in [3.63, 3.8) is 0 Å². The number of rotatable bonds is 7. The molecule has 9 heteroatoms. The molecule has 1 aliphatic rings. The highest BCUT2D eigenvalue weighted by Crippen LogP contribution is 2.36. The van der Waals surface area contributed by atoms with Gasteiger partial charge in [-0.05, 0) is 18.6 Å². The van der Waals surface area contributed by atoms with Gasteiger partial charge in [0.05, 0.1) is 25.8 Å². The van der Waals surface area contributed by atoms with Crippen molar-refractivity contribution in [2.75, 3.05) is 31.0 Å². The fraction of sp³-hybridized carbons (Fsp3) is 0.500. The van der Waals surface area contributed by atoms with E-state index in [2.05, 4.69) is 36.3 Å². The standard InChI is InChI=1S/C20H26N4O4S/c1-6-20(2,3)18-22-23-19(29-18)21-17(26)12-9-16(25)24(11-12)14-8-7-13(27-4)10-15(14)28-5/h7-8,10,12H,6,9,11H2,1-5H3,(H,21,23,26)/t12-/m0/s1. The predicted octanol–water partition coefficient (Wildman–Crippen LogP) is 3.23. The van der Waals surface area contributed by atoms with Crippen molar-refractivity contribution in [2.24, 2.45) is 5.92 Å². The van der Waals surface area contributed by atoms with E-state index in [1.807, 2.05) is 0 Å². The Kier molecular flexibility index (Phi) is 6.07. The summed E-state index contributed by atoms with van der Waals surface area (Å²) in [5.41, 5.74) is 0.530. The third kappa shape index (κ3) is 4.34. The molecule has 156 valence electrons. The van der Waals surface area contributed by atoms with Crippen LogP contribution in [0.5, 0.6) is 11.5 Å². The van der Waals surface area contributed by atoms with Crippen LogP contribution in [0.4, 0.5) is 10.8 Å². The molecule has 1 fully saturated rings. The Morgan fingerprint density at radius 1 is 1.31 bits per heavy atom. The second kappa shape index (κ2) is 8.36. The van der Waals surface area contributed by atoms with Crippen molar-refractivity contribution in [1.29, 1.82) is 0 Å². The number of hydrogen-bond acceptors (Lipinski definition) is 7. The molecule has 3 rings (SSSR count). The number of benzene rings is 1. The first-order valence-electron chi connectivity index (χ1n) is 9.46. The lowest BCUT2D eigenvalue weighted by Crippen LogP contribution is -2.28. The van der Waals surface area contributed by atoms with Gasteiger partial charge >= 0.3 is 0 Å². The minimum absolute atomic E-state index is 0.0916. The molecule has 1 aliphatic heterocycles. The number of nitrogens with zero attached hydrogens (tertiary/aromatic N) is 3. The first-order chi connectivity index (χ1) is 13.8. The number of methoxy groups -OCH3 is 2. The van der Waals surface area contributed by atoms with Crippen LogP contribution in [0.1, 0.15) is 38.6 Å². The molecule has 1 atom stereocenters. The van der Waals surface area contributed by atoms with E-state index in [0.29, 0.717) is 22.3 Å². The van der Waals surface area contributed by atoms with Crippen LogP contribution >= 0.6 is 11.3 Å². The zero-order chi connectivity index (χ0) is 21.2. The average Bonchev–Trinajstić information content (AvgIpc) is 3.34. The van der Waals surface area contributed by atoms with Gasteiger partial charge in [0.2, 0.25) is 16.9 Å². The molecule has 2 aromatic rings. The summed E-state index contributed by atoms with van der Waals surface area (Å²) in [5.74, 6) is 0.327. The van der Waals surface area contributed by atoms with E-state index < -0.39 is 5.92 Å². The van der Waals surface area contributed by atoms with Crippen LogP contribution in [-0.2, 0) is 15.0 Å². The number of amides is 2. The molecule has 0 unspecified atom stereocenters. The van der Waals surface area contributed by atoms with Crippen molar-refractivity contribution in [2.45, 2.75) is 39.0 Å². The summed E-state index contributed by atoms with van der Waals surface area (Å²) >= 11 is 1.37. The fourth-order valence-electron chi connectivity index (χ4n) is 3.03. The largest absolute Gasteiger partial charge is 0.497 e. The molecule has 1 aromatic carbocycles. The summed E-state index contributed by atoms with van der Waals surface area (Å²) in [6, 6.07) is 5.24. The zero-order valence-corrected chi connectivity index (χ0v) is 18.1. The van der Waals surface area contributed by atoms with Crippen LogP contribution in [0.25, 0.3) is 0 Å². The molecule has 8 nitrogen and oxygen atoms in total. The van der Waals surface area contributed by atoms with Crippen molar-refractivity contribution < 1.29 is 19.1 Å². The summed E-state index contributed by atoms with van der Waals surface area (Å²) in [4.78, 5) is 26.9. The van der Waals surface area contributed by atoms with E-state index in [9.17, 15) is 9.59 Å². The molecule has 0 aliphatic carbocycles. The van der Waals surface area contributed by atoms with Gasteiger partial charge in [-0.25, -0.2) is 0 Å². The molecule has 2 amide bonds. The van der Waals surface area contributed by atoms with Gasteiger partial charge in [-0.2, -0.15) is 0 Å². The Hall–Kier alpha value is -2.68. The zero-order valence-electron chi connectivity index (χ0n) is 17.3. The van der Waals surface area contributed by atoms with Crippen molar-refractivity contribution >= 4 is 34.0 Å². The Morgan fingerprint density at radius 3 is 2.72 bits per heavy atom. The summed E-state index contributed by atoms with van der Waals surface area (Å²) < 4.78 is 10.6. The fourth-order valence-corrected chi connectivity index (χ4v) is 3.95. The van der Waals surface area contributed by atoms with E-state index in [1.54, 1.807) is 30.2 Å². The molecule has 29 heavy (non-hydrogen) atoms. The third-order valence-corrected chi connectivity index (χ3v) is 6.50. The van der Waals surface area contributed by atoms with Gasteiger partial charge in [0.1, 0.15) is 16.5 Å². The third-order valence-electron chi connectivity index (χ3n) is 5.29. The molecule has 0 bridgehead atoms. The lowest BCUT2D eigenvalue weighted by atomic mass is 9.91. The van der Waals surface area contributed by atoms with Crippen molar-refractivity contribution in [3.05, 3.63) is 23.2 Å². The number of ether oxygens (including phenoxy) is 2. The minimum atomic E-state index is -0.471. The predicted molar refractivity (Wildman–Crippen MR) is 112 cm³/mol. The maximum Gasteiger partial charge on any atom is 0.231 e. The van der Waals surface area contributed by atoms with Gasteiger partial charge in [0, 0.05) is 24.4 Å². The van der Waals surface area contributed by atoms with Crippen LogP contribution in [0.15, 0.2) is 18.2 Å². The van der Waals surface area contributed by atoms with E-state index in [-0.39, 0.29) is 30.2 Å². The van der Waals surface area contributed by atoms with E-state index >= 15 is 0 Å². The molecule has 1 saturated heterocycles. The van der Waals surface area contributed by atoms with E-state index in [1.165, 1.54) is 18.4 Å². The van der Waals surface area contributed by atoms with E-state index in [0.717, 1.165) is 11.4 Å². The van der Waals surface area contributed by atoms with Gasteiger partial charge in [-0.1, -0.05) is 32.1 Å². The highest BCUT2D eigenvalue weighted by atomic mass is 32.1. The number of carbonyl (C=O) groups is 2. The molecule has 0 radical (unpaired) electrons. The van der Waals surface area contributed by atoms with Gasteiger partial charge in [-0.3, -0.25) is 9.59 Å². The first-order valence-corrected chi connectivity index (χ1v) is 10.3. The van der Waals surface area contributed by atoms with Crippen LogP contribution < -0.4 is 19.7 Å². The van der Waals surface area contributed by atoms with Gasteiger partial charge in [0.25, 0.3) is 0 Å². The molecule has 1 N–H and O–H groups in total. The second-order valence-corrected chi connectivity index (χ2v) is 8.56. The SMILES string of the molecule is CCC(C)(C)c1nnc(NC(=O)[C@H]2CC(=O)N(c3ccc(OC)cc3OC)C2)s1. The molecular weight excluding hydrogens is 392 g/mol. The van der Waals surface area contributed by atoms with Gasteiger partial charge in [-0.15, -0.1) is 10.2 Å². The number of nitrogens with one attached hydrogen (secondary N) is 1. The van der Waals surface area contributed by atoms with Crippen molar-refractivity contribution in [1.82, 2.24) is 10.2 Å². The smallest absolute Gasteiger partial charge is 0.231 e.